The number of nitrogens with one attached hydrogen (secondary N) is 3. The molecule has 2 aromatic rings. The van der Waals surface area contributed by atoms with E-state index < -0.39 is 38.3 Å². The quantitative estimate of drug-likeness (QED) is 0.324. The van der Waals surface area contributed by atoms with Crippen molar-refractivity contribution in [2.24, 2.45) is 0 Å². The monoisotopic (exact) mass is 446 g/mol. The average Bonchev–Trinajstić information content (AvgIpc) is 2.70. The molecule has 30 heavy (non-hydrogen) atoms. The van der Waals surface area contributed by atoms with Crippen LogP contribution < -0.4 is 15.4 Å². The van der Waals surface area contributed by atoms with E-state index in [0.29, 0.717) is 0 Å². The minimum absolute atomic E-state index is 0.00752. The molecule has 0 spiro atoms. The van der Waals surface area contributed by atoms with E-state index in [-0.39, 0.29) is 29.2 Å². The van der Waals surface area contributed by atoms with Crippen LogP contribution in [0.2, 0.25) is 0 Å². The molecule has 0 aliphatic carbocycles. The molecule has 162 valence electrons. The van der Waals surface area contributed by atoms with Gasteiger partial charge in [-0.3, -0.25) is 14.9 Å². The van der Waals surface area contributed by atoms with E-state index >= 15 is 0 Å². The van der Waals surface area contributed by atoms with Crippen molar-refractivity contribution in [3.05, 3.63) is 63.7 Å². The van der Waals surface area contributed by atoms with Crippen LogP contribution in [0.5, 0.6) is 0 Å². The van der Waals surface area contributed by atoms with Gasteiger partial charge in [-0.05, 0) is 43.4 Å². The van der Waals surface area contributed by atoms with Crippen molar-refractivity contribution < 1.29 is 31.3 Å². The van der Waals surface area contributed by atoms with Crippen LogP contribution in [-0.2, 0) is 16.2 Å². The number of amides is 1. The maximum absolute atomic E-state index is 12.5. The van der Waals surface area contributed by atoms with Gasteiger partial charge in [0.1, 0.15) is 5.69 Å². The molecule has 0 atom stereocenters. The van der Waals surface area contributed by atoms with Crippen LogP contribution in [0.4, 0.5) is 24.5 Å². The van der Waals surface area contributed by atoms with Crippen LogP contribution >= 0.6 is 0 Å². The van der Waals surface area contributed by atoms with Crippen molar-refractivity contribution in [1.82, 2.24) is 10.0 Å². The molecule has 0 saturated heterocycles. The van der Waals surface area contributed by atoms with Crippen LogP contribution in [0, 0.1) is 10.1 Å². The molecule has 1 amide bonds. The minimum Gasteiger partial charge on any atom is -0.378 e. The van der Waals surface area contributed by atoms with Gasteiger partial charge in [0.2, 0.25) is 10.0 Å². The Labute approximate surface area is 169 Å². The average molecular weight is 446 g/mol. The number of hydrogen-bond donors (Lipinski definition) is 3. The Morgan fingerprint density at radius 2 is 1.73 bits per heavy atom. The molecule has 0 aliphatic heterocycles. The third kappa shape index (κ3) is 5.67. The van der Waals surface area contributed by atoms with Crippen LogP contribution in [0.15, 0.2) is 47.4 Å². The van der Waals surface area contributed by atoms with Gasteiger partial charge in [0.15, 0.2) is 0 Å². The van der Waals surface area contributed by atoms with Crippen molar-refractivity contribution in [2.75, 3.05) is 25.5 Å². The first kappa shape index (κ1) is 23.1. The highest BCUT2D eigenvalue weighted by Gasteiger charge is 2.30. The van der Waals surface area contributed by atoms with Gasteiger partial charge >= 0.3 is 6.18 Å². The topological polar surface area (TPSA) is 130 Å². The molecule has 2 aromatic carbocycles. The van der Waals surface area contributed by atoms with E-state index in [4.69, 9.17) is 0 Å². The highest BCUT2D eigenvalue weighted by molar-refractivity contribution is 7.89. The van der Waals surface area contributed by atoms with Crippen LogP contribution in [0.3, 0.4) is 0 Å². The number of carbonyl (C=O) groups is 1. The van der Waals surface area contributed by atoms with Crippen LogP contribution in [0.1, 0.15) is 15.9 Å². The molecule has 0 saturated carbocycles. The molecule has 3 N–H and O–H groups in total. The summed E-state index contributed by atoms with van der Waals surface area (Å²) >= 11 is 0. The second kappa shape index (κ2) is 9.09. The lowest BCUT2D eigenvalue weighted by molar-refractivity contribution is -0.384. The van der Waals surface area contributed by atoms with E-state index in [9.17, 15) is 36.5 Å². The van der Waals surface area contributed by atoms with E-state index in [0.717, 1.165) is 30.3 Å². The zero-order chi connectivity index (χ0) is 22.5. The number of sulfonamides is 1. The zero-order valence-corrected chi connectivity index (χ0v) is 16.3. The Balaban J connectivity index is 1.98. The van der Waals surface area contributed by atoms with Gasteiger partial charge in [-0.25, -0.2) is 13.1 Å². The standard InChI is InChI=1S/C17H17F3N4O5S/c1-21-30(28,29)13-6-7-14(15(10-13)24(26)27)22-8-9-23-16(25)11-2-4-12(5-3-11)17(18,19)20/h2-7,10,21-22H,8-9H2,1H3,(H,23,25). The summed E-state index contributed by atoms with van der Waals surface area (Å²) in [4.78, 5) is 22.2. The molecule has 13 heteroatoms. The number of anilines is 1. The predicted octanol–water partition coefficient (Wildman–Crippen LogP) is 2.36. The summed E-state index contributed by atoms with van der Waals surface area (Å²) in [5.41, 5.74) is -1.29. The molecule has 2 rings (SSSR count). The van der Waals surface area contributed by atoms with Gasteiger partial charge in [-0.15, -0.1) is 0 Å². The summed E-state index contributed by atoms with van der Waals surface area (Å²) in [6.45, 7) is 0.0545. The molecule has 0 bridgehead atoms. The first-order chi connectivity index (χ1) is 14.0. The van der Waals surface area contributed by atoms with Gasteiger partial charge in [0.25, 0.3) is 11.6 Å². The third-order valence-corrected chi connectivity index (χ3v) is 5.36. The highest BCUT2D eigenvalue weighted by Crippen LogP contribution is 2.29. The molecule has 0 fully saturated rings. The molecular weight excluding hydrogens is 429 g/mol. The van der Waals surface area contributed by atoms with Gasteiger partial charge in [-0.2, -0.15) is 13.2 Å². The first-order valence-electron chi connectivity index (χ1n) is 8.37. The second-order valence-corrected chi connectivity index (χ2v) is 7.79. The van der Waals surface area contributed by atoms with Gasteiger partial charge in [0, 0.05) is 24.7 Å². The van der Waals surface area contributed by atoms with Crippen molar-refractivity contribution in [1.29, 1.82) is 0 Å². The lowest BCUT2D eigenvalue weighted by Gasteiger charge is -2.10. The predicted molar refractivity (Wildman–Crippen MR) is 102 cm³/mol. The fraction of sp³-hybridized carbons (Fsp3) is 0.235. The molecule has 0 heterocycles. The number of benzene rings is 2. The van der Waals surface area contributed by atoms with Crippen molar-refractivity contribution in [3.8, 4) is 0 Å². The summed E-state index contributed by atoms with van der Waals surface area (Å²) in [5.74, 6) is -0.615. The maximum atomic E-state index is 12.5. The van der Waals surface area contributed by atoms with Crippen molar-refractivity contribution >= 4 is 27.3 Å². The van der Waals surface area contributed by atoms with Crippen LogP contribution in [-0.4, -0.2) is 39.4 Å². The number of halogens is 3. The smallest absolute Gasteiger partial charge is 0.378 e. The minimum atomic E-state index is -4.50. The fourth-order valence-corrected chi connectivity index (χ4v) is 3.13. The maximum Gasteiger partial charge on any atom is 0.416 e. The second-order valence-electron chi connectivity index (χ2n) is 5.90. The fourth-order valence-electron chi connectivity index (χ4n) is 2.38. The molecule has 0 unspecified atom stereocenters. The number of rotatable bonds is 8. The van der Waals surface area contributed by atoms with Crippen molar-refractivity contribution in [2.45, 2.75) is 11.1 Å². The molecule has 0 radical (unpaired) electrons. The first-order valence-corrected chi connectivity index (χ1v) is 9.85. The summed E-state index contributed by atoms with van der Waals surface area (Å²) in [5, 5.41) is 16.4. The van der Waals surface area contributed by atoms with E-state index in [1.165, 1.54) is 19.2 Å². The number of nitrogens with zero attached hydrogens (tertiary/aromatic N) is 1. The number of alkyl halides is 3. The Morgan fingerprint density at radius 1 is 1.10 bits per heavy atom. The number of carbonyl (C=O) groups excluding carboxylic acids is 1. The number of nitro groups is 1. The lowest BCUT2D eigenvalue weighted by Crippen LogP contribution is -2.29. The third-order valence-electron chi connectivity index (χ3n) is 3.95. The Hall–Kier alpha value is -3.19. The Morgan fingerprint density at radius 3 is 2.27 bits per heavy atom. The normalized spacial score (nSPS) is 11.7. The van der Waals surface area contributed by atoms with Gasteiger partial charge < -0.3 is 10.6 Å². The SMILES string of the molecule is CNS(=O)(=O)c1ccc(NCCNC(=O)c2ccc(C(F)(F)F)cc2)c([N+](=O)[O-])c1. The Bertz CT molecular complexity index is 1040. The van der Waals surface area contributed by atoms with E-state index in [1.807, 2.05) is 0 Å². The van der Waals surface area contributed by atoms with E-state index in [2.05, 4.69) is 15.4 Å². The lowest BCUT2D eigenvalue weighted by atomic mass is 10.1. The van der Waals surface area contributed by atoms with Crippen LogP contribution in [0.25, 0.3) is 0 Å². The molecular formula is C17H17F3N4O5S. The van der Waals surface area contributed by atoms with E-state index in [1.54, 1.807) is 0 Å². The summed E-state index contributed by atoms with van der Waals surface area (Å²) in [7, 11) is -2.69. The summed E-state index contributed by atoms with van der Waals surface area (Å²) < 4.78 is 63.2. The van der Waals surface area contributed by atoms with Crippen molar-refractivity contribution in [3.63, 3.8) is 0 Å². The summed E-state index contributed by atoms with van der Waals surface area (Å²) in [6.07, 6.45) is -4.50. The number of hydrogen-bond acceptors (Lipinski definition) is 6. The molecule has 0 aliphatic rings. The van der Waals surface area contributed by atoms with Gasteiger partial charge in [0.05, 0.1) is 15.4 Å². The highest BCUT2D eigenvalue weighted by atomic mass is 32.2. The van der Waals surface area contributed by atoms with Gasteiger partial charge in [-0.1, -0.05) is 0 Å². The Kier molecular flexibility index (Phi) is 7.00. The zero-order valence-electron chi connectivity index (χ0n) is 15.5. The summed E-state index contributed by atoms with van der Waals surface area (Å²) in [6, 6.07) is 6.96. The number of nitro benzene ring substituents is 1. The largest absolute Gasteiger partial charge is 0.416 e. The molecule has 0 aromatic heterocycles. The molecule has 9 nitrogen and oxygen atoms in total.